The van der Waals surface area contributed by atoms with E-state index in [1.54, 1.807) is 0 Å². The molecule has 1 unspecified atom stereocenters. The molecule has 0 radical (unpaired) electrons. The highest BCUT2D eigenvalue weighted by atomic mass is 16.2. The van der Waals surface area contributed by atoms with Gasteiger partial charge >= 0.3 is 0 Å². The third kappa shape index (κ3) is 2.48. The second-order valence-corrected chi connectivity index (χ2v) is 6.38. The monoisotopic (exact) mass is 286 g/mol. The fourth-order valence-electron chi connectivity index (χ4n) is 3.83. The van der Waals surface area contributed by atoms with Crippen LogP contribution >= 0.6 is 0 Å². The molecule has 1 aromatic carbocycles. The van der Waals surface area contributed by atoms with E-state index in [9.17, 15) is 4.79 Å². The summed E-state index contributed by atoms with van der Waals surface area (Å²) < 4.78 is 0. The van der Waals surface area contributed by atoms with Gasteiger partial charge in [-0.05, 0) is 37.3 Å². The van der Waals surface area contributed by atoms with E-state index in [2.05, 4.69) is 43.4 Å². The number of benzene rings is 1. The Balaban J connectivity index is 1.88. The fourth-order valence-corrected chi connectivity index (χ4v) is 3.83. The molecular weight excluding hydrogens is 260 g/mol. The summed E-state index contributed by atoms with van der Waals surface area (Å²) in [6.07, 6.45) is 6.68. The van der Waals surface area contributed by atoms with Crippen molar-refractivity contribution in [2.75, 3.05) is 6.54 Å². The zero-order valence-corrected chi connectivity index (χ0v) is 13.2. The second kappa shape index (κ2) is 5.80. The van der Waals surface area contributed by atoms with Gasteiger partial charge in [-0.15, -0.1) is 0 Å². The van der Waals surface area contributed by atoms with E-state index in [1.807, 2.05) is 4.90 Å². The number of amides is 1. The smallest absolute Gasteiger partial charge is 0.244 e. The van der Waals surface area contributed by atoms with Crippen LogP contribution in [0.15, 0.2) is 24.3 Å². The van der Waals surface area contributed by atoms with Gasteiger partial charge in [0, 0.05) is 6.54 Å². The molecular formula is C18H26N2O. The number of aryl methyl sites for hydroxylation is 1. The molecule has 1 amide bonds. The van der Waals surface area contributed by atoms with Crippen LogP contribution in [-0.4, -0.2) is 22.9 Å². The van der Waals surface area contributed by atoms with Gasteiger partial charge in [-0.25, -0.2) is 0 Å². The van der Waals surface area contributed by atoms with Gasteiger partial charge in [-0.1, -0.05) is 50.5 Å². The summed E-state index contributed by atoms with van der Waals surface area (Å²) >= 11 is 0. The minimum absolute atomic E-state index is 0.0477. The van der Waals surface area contributed by atoms with Crippen LogP contribution in [-0.2, 0) is 11.2 Å². The van der Waals surface area contributed by atoms with Gasteiger partial charge in [0.05, 0.1) is 5.54 Å². The van der Waals surface area contributed by atoms with Gasteiger partial charge in [-0.2, -0.15) is 0 Å². The van der Waals surface area contributed by atoms with E-state index >= 15 is 0 Å². The summed E-state index contributed by atoms with van der Waals surface area (Å²) in [6, 6.07) is 8.71. The molecule has 2 aliphatic rings. The third-order valence-corrected chi connectivity index (χ3v) is 5.15. The van der Waals surface area contributed by atoms with E-state index in [1.165, 1.54) is 17.5 Å². The molecule has 1 aliphatic heterocycles. The van der Waals surface area contributed by atoms with Crippen LogP contribution < -0.4 is 5.32 Å². The van der Waals surface area contributed by atoms with Crippen molar-refractivity contribution >= 4 is 5.91 Å². The van der Waals surface area contributed by atoms with E-state index in [0.717, 1.165) is 38.6 Å². The van der Waals surface area contributed by atoms with Crippen LogP contribution in [0.25, 0.3) is 0 Å². The summed E-state index contributed by atoms with van der Waals surface area (Å²) in [6.45, 7) is 5.02. The number of nitrogens with zero attached hydrogens (tertiary/aromatic N) is 1. The maximum absolute atomic E-state index is 12.9. The summed E-state index contributed by atoms with van der Waals surface area (Å²) in [5.41, 5.74) is 2.27. The molecule has 1 N–H and O–H groups in total. The summed E-state index contributed by atoms with van der Waals surface area (Å²) in [5.74, 6) is 0.314. The Labute approximate surface area is 127 Å². The van der Waals surface area contributed by atoms with E-state index in [4.69, 9.17) is 0 Å². The Hall–Kier alpha value is -1.35. The van der Waals surface area contributed by atoms with Crippen molar-refractivity contribution in [3.8, 4) is 0 Å². The van der Waals surface area contributed by atoms with Gasteiger partial charge in [0.2, 0.25) is 5.91 Å². The number of rotatable bonds is 3. The normalized spacial score (nSPS) is 24.8. The minimum atomic E-state index is -0.289. The molecule has 1 saturated heterocycles. The third-order valence-electron chi connectivity index (χ3n) is 5.15. The molecule has 1 heterocycles. The van der Waals surface area contributed by atoms with Crippen molar-refractivity contribution in [1.29, 1.82) is 0 Å². The van der Waals surface area contributed by atoms with Crippen molar-refractivity contribution in [3.05, 3.63) is 35.4 Å². The Morgan fingerprint density at radius 3 is 2.38 bits per heavy atom. The molecule has 114 valence electrons. The minimum Gasteiger partial charge on any atom is -0.322 e. The zero-order chi connectivity index (χ0) is 14.9. The predicted molar refractivity (Wildman–Crippen MR) is 84.9 cm³/mol. The van der Waals surface area contributed by atoms with Crippen LogP contribution in [0.3, 0.4) is 0 Å². The van der Waals surface area contributed by atoms with Crippen molar-refractivity contribution in [2.24, 2.45) is 0 Å². The number of carbonyl (C=O) groups is 1. The quantitative estimate of drug-likeness (QED) is 0.923. The van der Waals surface area contributed by atoms with Crippen molar-refractivity contribution in [2.45, 2.75) is 64.1 Å². The van der Waals surface area contributed by atoms with Crippen LogP contribution in [0, 0.1) is 0 Å². The summed E-state index contributed by atoms with van der Waals surface area (Å²) in [7, 11) is 0. The number of likely N-dealkylation sites (N-methyl/N-ethyl adjacent to an activating group) is 1. The number of hydrogen-bond acceptors (Lipinski definition) is 2. The van der Waals surface area contributed by atoms with Crippen LogP contribution in [0.1, 0.15) is 63.2 Å². The molecule has 0 bridgehead atoms. The average Bonchev–Trinajstić information content (AvgIpc) is 2.80. The van der Waals surface area contributed by atoms with Crippen molar-refractivity contribution in [1.82, 2.24) is 10.2 Å². The Kier molecular flexibility index (Phi) is 4.03. The Morgan fingerprint density at radius 1 is 1.14 bits per heavy atom. The number of carbonyl (C=O) groups excluding carboxylic acids is 1. The SMILES string of the molecule is CCc1ccc(C2NC3(CCCCC3)C(=O)N2CC)cc1. The molecule has 3 heteroatoms. The molecule has 1 atom stereocenters. The van der Waals surface area contributed by atoms with Gasteiger partial charge in [0.25, 0.3) is 0 Å². The summed E-state index contributed by atoms with van der Waals surface area (Å²) in [4.78, 5) is 14.9. The zero-order valence-electron chi connectivity index (χ0n) is 13.2. The first kappa shape index (κ1) is 14.6. The lowest BCUT2D eigenvalue weighted by Gasteiger charge is -2.31. The highest BCUT2D eigenvalue weighted by Crippen LogP contribution is 2.39. The van der Waals surface area contributed by atoms with E-state index in [-0.39, 0.29) is 11.7 Å². The first-order chi connectivity index (χ1) is 10.2. The molecule has 21 heavy (non-hydrogen) atoms. The predicted octanol–water partition coefficient (Wildman–Crippen LogP) is 3.40. The van der Waals surface area contributed by atoms with Crippen LogP contribution in [0.5, 0.6) is 0 Å². The molecule has 3 rings (SSSR count). The highest BCUT2D eigenvalue weighted by molar-refractivity contribution is 5.89. The van der Waals surface area contributed by atoms with Gasteiger partial charge in [-0.3, -0.25) is 10.1 Å². The summed E-state index contributed by atoms with van der Waals surface area (Å²) in [5, 5.41) is 3.69. The van der Waals surface area contributed by atoms with Crippen molar-refractivity contribution < 1.29 is 4.79 Å². The fraction of sp³-hybridized carbons (Fsp3) is 0.611. The van der Waals surface area contributed by atoms with Gasteiger partial charge in [0.1, 0.15) is 6.17 Å². The Morgan fingerprint density at radius 2 is 1.81 bits per heavy atom. The number of nitrogens with one attached hydrogen (secondary N) is 1. The molecule has 2 fully saturated rings. The van der Waals surface area contributed by atoms with Gasteiger partial charge in [0.15, 0.2) is 0 Å². The molecule has 1 saturated carbocycles. The first-order valence-corrected chi connectivity index (χ1v) is 8.38. The second-order valence-electron chi connectivity index (χ2n) is 6.38. The molecule has 1 aliphatic carbocycles. The maximum atomic E-state index is 12.9. The van der Waals surface area contributed by atoms with Gasteiger partial charge < -0.3 is 4.90 Å². The topological polar surface area (TPSA) is 32.3 Å². The largest absolute Gasteiger partial charge is 0.322 e. The lowest BCUT2D eigenvalue weighted by atomic mass is 9.81. The van der Waals surface area contributed by atoms with E-state index in [0.29, 0.717) is 5.91 Å². The lowest BCUT2D eigenvalue weighted by molar-refractivity contribution is -0.134. The maximum Gasteiger partial charge on any atom is 0.244 e. The van der Waals surface area contributed by atoms with Crippen LogP contribution in [0.2, 0.25) is 0 Å². The standard InChI is InChI=1S/C18H26N2O/c1-3-14-8-10-15(11-9-14)16-19-18(12-6-5-7-13-18)17(21)20(16)4-2/h8-11,16,19H,3-7,12-13H2,1-2H3. The first-order valence-electron chi connectivity index (χ1n) is 8.38. The molecule has 3 nitrogen and oxygen atoms in total. The molecule has 1 aromatic rings. The number of hydrogen-bond donors (Lipinski definition) is 1. The van der Waals surface area contributed by atoms with Crippen LogP contribution in [0.4, 0.5) is 0 Å². The Bertz CT molecular complexity index is 502. The highest BCUT2D eigenvalue weighted by Gasteiger charge is 2.50. The van der Waals surface area contributed by atoms with E-state index < -0.39 is 0 Å². The lowest BCUT2D eigenvalue weighted by Crippen LogP contribution is -2.48. The molecule has 0 aromatic heterocycles. The van der Waals surface area contributed by atoms with Crippen molar-refractivity contribution in [3.63, 3.8) is 0 Å². The average molecular weight is 286 g/mol. The molecule has 1 spiro atoms.